The Labute approximate surface area is 101 Å². The number of carbonyl (C=O) groups excluding carboxylic acids is 1. The lowest BCUT2D eigenvalue weighted by Crippen LogP contribution is -2.31. The molecule has 1 rings (SSSR count). The van der Waals surface area contributed by atoms with Gasteiger partial charge < -0.3 is 15.5 Å². The Bertz CT molecular complexity index is 286. The van der Waals surface area contributed by atoms with E-state index in [4.69, 9.17) is 10.2 Å². The fourth-order valence-corrected chi connectivity index (χ4v) is 1.97. The molecular formula is C12H21NO4. The Morgan fingerprint density at radius 1 is 1.35 bits per heavy atom. The van der Waals surface area contributed by atoms with Crippen LogP contribution in [-0.4, -0.2) is 35.2 Å². The third-order valence-electron chi connectivity index (χ3n) is 3.32. The molecule has 0 aliphatic heterocycles. The van der Waals surface area contributed by atoms with Gasteiger partial charge in [0.1, 0.15) is 0 Å². The lowest BCUT2D eigenvalue weighted by atomic mass is 10.0. The highest BCUT2D eigenvalue weighted by Crippen LogP contribution is 2.47. The lowest BCUT2D eigenvalue weighted by molar-refractivity contribution is -0.138. The largest absolute Gasteiger partial charge is 0.481 e. The van der Waals surface area contributed by atoms with Gasteiger partial charge in [-0.05, 0) is 30.6 Å². The van der Waals surface area contributed by atoms with E-state index < -0.39 is 5.97 Å². The minimum absolute atomic E-state index is 0.0230. The van der Waals surface area contributed by atoms with Gasteiger partial charge in [-0.3, -0.25) is 9.59 Å². The van der Waals surface area contributed by atoms with E-state index in [-0.39, 0.29) is 36.7 Å². The van der Waals surface area contributed by atoms with Crippen molar-refractivity contribution in [2.75, 3.05) is 13.2 Å². The number of rotatable bonds is 8. The SMILES string of the molecule is CC(CC(=O)O)CC(=O)NCC1(CCO)CC1. The van der Waals surface area contributed by atoms with Gasteiger partial charge in [0, 0.05) is 26.0 Å². The molecule has 1 fully saturated rings. The smallest absolute Gasteiger partial charge is 0.303 e. The van der Waals surface area contributed by atoms with Crippen molar-refractivity contribution in [3.63, 3.8) is 0 Å². The molecule has 0 spiro atoms. The van der Waals surface area contributed by atoms with Crippen molar-refractivity contribution < 1.29 is 19.8 Å². The van der Waals surface area contributed by atoms with E-state index in [1.54, 1.807) is 6.92 Å². The van der Waals surface area contributed by atoms with Crippen molar-refractivity contribution >= 4 is 11.9 Å². The second kappa shape index (κ2) is 6.00. The third kappa shape index (κ3) is 5.17. The molecule has 1 saturated carbocycles. The lowest BCUT2D eigenvalue weighted by Gasteiger charge is -2.15. The quantitative estimate of drug-likeness (QED) is 0.587. The zero-order chi connectivity index (χ0) is 12.9. The van der Waals surface area contributed by atoms with Crippen molar-refractivity contribution in [1.29, 1.82) is 0 Å². The molecule has 1 atom stereocenters. The Morgan fingerprint density at radius 3 is 2.47 bits per heavy atom. The van der Waals surface area contributed by atoms with Gasteiger partial charge in [-0.15, -0.1) is 0 Å². The highest BCUT2D eigenvalue weighted by molar-refractivity contribution is 5.77. The van der Waals surface area contributed by atoms with E-state index in [2.05, 4.69) is 5.32 Å². The monoisotopic (exact) mass is 243 g/mol. The molecule has 98 valence electrons. The normalized spacial score (nSPS) is 18.5. The standard InChI is InChI=1S/C12H21NO4/c1-9(7-11(16)17)6-10(15)13-8-12(2-3-12)4-5-14/h9,14H,2-8H2,1H3,(H,13,15)(H,16,17). The maximum atomic E-state index is 11.5. The van der Waals surface area contributed by atoms with Crippen LogP contribution in [0.15, 0.2) is 0 Å². The molecule has 1 unspecified atom stereocenters. The minimum Gasteiger partial charge on any atom is -0.481 e. The number of carboxylic acid groups (broad SMARTS) is 1. The summed E-state index contributed by atoms with van der Waals surface area (Å²) in [5, 5.41) is 20.3. The topological polar surface area (TPSA) is 86.6 Å². The molecule has 0 aromatic heterocycles. The molecule has 0 radical (unpaired) electrons. The van der Waals surface area contributed by atoms with Crippen LogP contribution < -0.4 is 5.32 Å². The van der Waals surface area contributed by atoms with Gasteiger partial charge in [0.25, 0.3) is 0 Å². The van der Waals surface area contributed by atoms with Gasteiger partial charge in [0.05, 0.1) is 0 Å². The summed E-state index contributed by atoms with van der Waals surface area (Å²) in [7, 11) is 0. The van der Waals surface area contributed by atoms with Crippen LogP contribution in [0.2, 0.25) is 0 Å². The van der Waals surface area contributed by atoms with Crippen molar-refractivity contribution in [3.8, 4) is 0 Å². The summed E-state index contributed by atoms with van der Waals surface area (Å²) in [4.78, 5) is 22.0. The molecule has 1 aliphatic rings. The Hall–Kier alpha value is -1.10. The number of nitrogens with one attached hydrogen (secondary N) is 1. The van der Waals surface area contributed by atoms with Crippen LogP contribution in [0.1, 0.15) is 39.0 Å². The maximum Gasteiger partial charge on any atom is 0.303 e. The van der Waals surface area contributed by atoms with Crippen molar-refractivity contribution in [2.24, 2.45) is 11.3 Å². The number of aliphatic carboxylic acids is 1. The first kappa shape index (κ1) is 14.0. The highest BCUT2D eigenvalue weighted by atomic mass is 16.4. The molecule has 1 aliphatic carbocycles. The van der Waals surface area contributed by atoms with Gasteiger partial charge in [-0.1, -0.05) is 6.92 Å². The van der Waals surface area contributed by atoms with E-state index in [1.165, 1.54) is 0 Å². The summed E-state index contributed by atoms with van der Waals surface area (Å²) < 4.78 is 0. The molecular weight excluding hydrogens is 222 g/mol. The maximum absolute atomic E-state index is 11.5. The molecule has 0 aromatic carbocycles. The summed E-state index contributed by atoms with van der Waals surface area (Å²) in [6.07, 6.45) is 3.12. The summed E-state index contributed by atoms with van der Waals surface area (Å²) in [6.45, 7) is 2.52. The number of amides is 1. The number of hydrogen-bond donors (Lipinski definition) is 3. The van der Waals surface area contributed by atoms with Gasteiger partial charge >= 0.3 is 5.97 Å². The number of aliphatic hydroxyl groups excluding tert-OH is 1. The van der Waals surface area contributed by atoms with E-state index in [9.17, 15) is 9.59 Å². The predicted molar refractivity (Wildman–Crippen MR) is 62.4 cm³/mol. The molecule has 5 heteroatoms. The number of carbonyl (C=O) groups is 2. The molecule has 17 heavy (non-hydrogen) atoms. The number of carboxylic acids is 1. The van der Waals surface area contributed by atoms with E-state index in [0.29, 0.717) is 6.54 Å². The summed E-state index contributed by atoms with van der Waals surface area (Å²) in [5.74, 6) is -1.10. The first-order valence-electron chi connectivity index (χ1n) is 6.07. The van der Waals surface area contributed by atoms with Crippen molar-refractivity contribution in [3.05, 3.63) is 0 Å². The van der Waals surface area contributed by atoms with Crippen molar-refractivity contribution in [1.82, 2.24) is 5.32 Å². The minimum atomic E-state index is -0.871. The first-order chi connectivity index (χ1) is 7.97. The third-order valence-corrected chi connectivity index (χ3v) is 3.32. The Morgan fingerprint density at radius 2 is 2.00 bits per heavy atom. The molecule has 3 N–H and O–H groups in total. The summed E-state index contributed by atoms with van der Waals surface area (Å²) in [6, 6.07) is 0. The average molecular weight is 243 g/mol. The first-order valence-corrected chi connectivity index (χ1v) is 6.07. The van der Waals surface area contributed by atoms with Gasteiger partial charge in [0.2, 0.25) is 5.91 Å². The molecule has 0 heterocycles. The Balaban J connectivity index is 2.19. The summed E-state index contributed by atoms with van der Waals surface area (Å²) in [5.41, 5.74) is 0.112. The van der Waals surface area contributed by atoms with Crippen LogP contribution in [0.5, 0.6) is 0 Å². The van der Waals surface area contributed by atoms with Crippen molar-refractivity contribution in [2.45, 2.75) is 39.0 Å². The second-order valence-electron chi connectivity index (χ2n) is 5.16. The highest BCUT2D eigenvalue weighted by Gasteiger charge is 2.41. The van der Waals surface area contributed by atoms with Crippen LogP contribution in [0.3, 0.4) is 0 Å². The molecule has 0 bridgehead atoms. The molecule has 0 saturated heterocycles. The number of hydrogen-bond acceptors (Lipinski definition) is 3. The molecule has 1 amide bonds. The summed E-state index contributed by atoms with van der Waals surface area (Å²) >= 11 is 0. The zero-order valence-corrected chi connectivity index (χ0v) is 10.2. The average Bonchev–Trinajstić information content (AvgIpc) is 2.95. The molecule has 5 nitrogen and oxygen atoms in total. The fourth-order valence-electron chi connectivity index (χ4n) is 1.97. The van der Waals surface area contributed by atoms with Crippen LogP contribution in [0.25, 0.3) is 0 Å². The van der Waals surface area contributed by atoms with Crippen LogP contribution in [0.4, 0.5) is 0 Å². The second-order valence-corrected chi connectivity index (χ2v) is 5.16. The van der Waals surface area contributed by atoms with Crippen LogP contribution >= 0.6 is 0 Å². The molecule has 0 aromatic rings. The van der Waals surface area contributed by atoms with E-state index in [1.807, 2.05) is 0 Å². The zero-order valence-electron chi connectivity index (χ0n) is 10.2. The van der Waals surface area contributed by atoms with Gasteiger partial charge in [-0.25, -0.2) is 0 Å². The van der Waals surface area contributed by atoms with E-state index in [0.717, 1.165) is 19.3 Å². The van der Waals surface area contributed by atoms with Crippen LogP contribution in [0, 0.1) is 11.3 Å². The van der Waals surface area contributed by atoms with E-state index >= 15 is 0 Å². The fraction of sp³-hybridized carbons (Fsp3) is 0.833. The van der Waals surface area contributed by atoms with Gasteiger partial charge in [-0.2, -0.15) is 0 Å². The Kier molecular flexibility index (Phi) is 4.93. The van der Waals surface area contributed by atoms with Gasteiger partial charge in [0.15, 0.2) is 0 Å². The van der Waals surface area contributed by atoms with Crippen LogP contribution in [-0.2, 0) is 9.59 Å². The number of aliphatic hydroxyl groups is 1. The predicted octanol–water partition coefficient (Wildman–Crippen LogP) is 0.766.